The number of hydrogen-bond acceptors (Lipinski definition) is 5. The van der Waals surface area contributed by atoms with Gasteiger partial charge in [-0.05, 0) is 19.9 Å². The van der Waals surface area contributed by atoms with Crippen LogP contribution in [0.3, 0.4) is 0 Å². The Morgan fingerprint density at radius 1 is 1.38 bits per heavy atom. The van der Waals surface area contributed by atoms with Crippen LogP contribution in [0.15, 0.2) is 5.38 Å². The first-order valence-corrected chi connectivity index (χ1v) is 9.14. The van der Waals surface area contributed by atoms with Gasteiger partial charge in [0.1, 0.15) is 0 Å². The Bertz CT molecular complexity index is 431. The van der Waals surface area contributed by atoms with E-state index in [-0.39, 0.29) is 0 Å². The van der Waals surface area contributed by atoms with Gasteiger partial charge in [0.05, 0.1) is 23.4 Å². The summed E-state index contributed by atoms with van der Waals surface area (Å²) in [4.78, 5) is 7.17. The Morgan fingerprint density at radius 2 is 2.24 bits per heavy atom. The first kappa shape index (κ1) is 15.4. The Hall–Kier alpha value is -0.490. The SMILES string of the molecule is CN1CCOC(CNCc2csc(C3CCCCC3)n2)C1. The van der Waals surface area contributed by atoms with E-state index in [0.29, 0.717) is 6.10 Å². The van der Waals surface area contributed by atoms with E-state index in [1.807, 2.05) is 11.3 Å². The Kier molecular flexibility index (Phi) is 5.63. The summed E-state index contributed by atoms with van der Waals surface area (Å²) in [6.45, 7) is 4.71. The second-order valence-electron chi connectivity index (χ2n) is 6.40. The maximum atomic E-state index is 5.76. The average Bonchev–Trinajstić information content (AvgIpc) is 2.97. The van der Waals surface area contributed by atoms with Gasteiger partial charge in [-0.2, -0.15) is 0 Å². The number of nitrogens with zero attached hydrogens (tertiary/aromatic N) is 2. The van der Waals surface area contributed by atoms with Crippen LogP contribution in [0.4, 0.5) is 0 Å². The van der Waals surface area contributed by atoms with Gasteiger partial charge in [0.15, 0.2) is 0 Å². The summed E-state index contributed by atoms with van der Waals surface area (Å²) in [6, 6.07) is 0. The van der Waals surface area contributed by atoms with Gasteiger partial charge in [0, 0.05) is 37.5 Å². The molecule has 2 fully saturated rings. The third-order valence-corrected chi connectivity index (χ3v) is 5.60. The number of morpholine rings is 1. The van der Waals surface area contributed by atoms with Crippen molar-refractivity contribution < 1.29 is 4.74 Å². The third-order valence-electron chi connectivity index (χ3n) is 4.54. The number of rotatable bonds is 5. The van der Waals surface area contributed by atoms with E-state index in [1.165, 1.54) is 42.8 Å². The Morgan fingerprint density at radius 3 is 3.05 bits per heavy atom. The highest BCUT2D eigenvalue weighted by atomic mass is 32.1. The molecule has 0 bridgehead atoms. The normalized spacial score (nSPS) is 25.3. The molecule has 0 amide bonds. The molecule has 1 aliphatic carbocycles. The maximum Gasteiger partial charge on any atom is 0.0959 e. The molecule has 1 N–H and O–H groups in total. The third kappa shape index (κ3) is 4.49. The van der Waals surface area contributed by atoms with Crippen molar-refractivity contribution in [2.24, 2.45) is 0 Å². The zero-order valence-corrected chi connectivity index (χ0v) is 13.8. The number of hydrogen-bond donors (Lipinski definition) is 1. The van der Waals surface area contributed by atoms with Crippen LogP contribution in [0.5, 0.6) is 0 Å². The fourth-order valence-corrected chi connectivity index (χ4v) is 4.28. The number of likely N-dealkylation sites (N-methyl/N-ethyl adjacent to an activating group) is 1. The molecule has 0 spiro atoms. The fourth-order valence-electron chi connectivity index (χ4n) is 3.29. The second kappa shape index (κ2) is 7.68. The number of nitrogens with one attached hydrogen (secondary N) is 1. The first-order valence-electron chi connectivity index (χ1n) is 8.26. The Labute approximate surface area is 131 Å². The molecule has 5 heteroatoms. The first-order chi connectivity index (χ1) is 10.3. The van der Waals surface area contributed by atoms with Gasteiger partial charge in [-0.25, -0.2) is 4.98 Å². The molecule has 3 rings (SSSR count). The van der Waals surface area contributed by atoms with E-state index in [2.05, 4.69) is 22.6 Å². The highest BCUT2D eigenvalue weighted by Gasteiger charge is 2.19. The number of thiazole rings is 1. The van der Waals surface area contributed by atoms with Gasteiger partial charge in [-0.15, -0.1) is 11.3 Å². The van der Waals surface area contributed by atoms with E-state index < -0.39 is 0 Å². The molecule has 0 aromatic carbocycles. The molecular weight excluding hydrogens is 282 g/mol. The molecule has 1 unspecified atom stereocenters. The van der Waals surface area contributed by atoms with Gasteiger partial charge in [0.2, 0.25) is 0 Å². The molecule has 1 aliphatic heterocycles. The van der Waals surface area contributed by atoms with Crippen LogP contribution in [0.2, 0.25) is 0 Å². The molecule has 0 radical (unpaired) electrons. The van der Waals surface area contributed by atoms with Gasteiger partial charge < -0.3 is 15.0 Å². The van der Waals surface area contributed by atoms with E-state index in [4.69, 9.17) is 9.72 Å². The summed E-state index contributed by atoms with van der Waals surface area (Å²) >= 11 is 1.85. The lowest BCUT2D eigenvalue weighted by atomic mass is 9.90. The minimum Gasteiger partial charge on any atom is -0.374 e. The van der Waals surface area contributed by atoms with Crippen LogP contribution in [0, 0.1) is 0 Å². The second-order valence-corrected chi connectivity index (χ2v) is 7.29. The van der Waals surface area contributed by atoms with Crippen molar-refractivity contribution in [2.75, 3.05) is 33.3 Å². The monoisotopic (exact) mass is 309 g/mol. The van der Waals surface area contributed by atoms with Gasteiger partial charge in [-0.1, -0.05) is 19.3 Å². The summed E-state index contributed by atoms with van der Waals surface area (Å²) in [5, 5.41) is 7.09. The lowest BCUT2D eigenvalue weighted by molar-refractivity contribution is -0.0182. The summed E-state index contributed by atoms with van der Waals surface area (Å²) in [6.07, 6.45) is 7.16. The van der Waals surface area contributed by atoms with Crippen LogP contribution in [0.1, 0.15) is 48.7 Å². The topological polar surface area (TPSA) is 37.4 Å². The Balaban J connectivity index is 1.42. The zero-order chi connectivity index (χ0) is 14.5. The fraction of sp³-hybridized carbons (Fsp3) is 0.812. The van der Waals surface area contributed by atoms with Gasteiger partial charge in [0.25, 0.3) is 0 Å². The smallest absolute Gasteiger partial charge is 0.0959 e. The summed E-state index contributed by atoms with van der Waals surface area (Å²) in [5.74, 6) is 0.729. The molecule has 1 aromatic rings. The predicted octanol–water partition coefficient (Wildman–Crippen LogP) is 2.61. The van der Waals surface area contributed by atoms with Crippen LogP contribution >= 0.6 is 11.3 Å². The molecule has 1 atom stereocenters. The van der Waals surface area contributed by atoms with Crippen molar-refractivity contribution >= 4 is 11.3 Å². The molecule has 4 nitrogen and oxygen atoms in total. The number of ether oxygens (including phenoxy) is 1. The van der Waals surface area contributed by atoms with E-state index in [0.717, 1.165) is 38.7 Å². The highest BCUT2D eigenvalue weighted by molar-refractivity contribution is 7.09. The van der Waals surface area contributed by atoms with Crippen LogP contribution in [0.25, 0.3) is 0 Å². The standard InChI is InChI=1S/C16H27N3OS/c1-19-7-8-20-15(11-19)10-17-9-14-12-21-16(18-14)13-5-3-2-4-6-13/h12-13,15,17H,2-11H2,1H3. The van der Waals surface area contributed by atoms with Crippen molar-refractivity contribution in [2.45, 2.75) is 50.7 Å². The predicted molar refractivity (Wildman–Crippen MR) is 86.9 cm³/mol. The van der Waals surface area contributed by atoms with Gasteiger partial charge in [-0.3, -0.25) is 0 Å². The van der Waals surface area contributed by atoms with Crippen LogP contribution in [-0.2, 0) is 11.3 Å². The zero-order valence-electron chi connectivity index (χ0n) is 13.0. The van der Waals surface area contributed by atoms with Crippen molar-refractivity contribution in [3.05, 3.63) is 16.1 Å². The summed E-state index contributed by atoms with van der Waals surface area (Å²) in [5.41, 5.74) is 1.20. The van der Waals surface area contributed by atoms with Crippen LogP contribution in [-0.4, -0.2) is 49.3 Å². The summed E-state index contributed by atoms with van der Waals surface area (Å²) in [7, 11) is 2.16. The van der Waals surface area contributed by atoms with Crippen molar-refractivity contribution in [3.63, 3.8) is 0 Å². The lowest BCUT2D eigenvalue weighted by Crippen LogP contribution is -2.44. The van der Waals surface area contributed by atoms with Crippen molar-refractivity contribution in [1.82, 2.24) is 15.2 Å². The highest BCUT2D eigenvalue weighted by Crippen LogP contribution is 2.34. The van der Waals surface area contributed by atoms with Gasteiger partial charge >= 0.3 is 0 Å². The van der Waals surface area contributed by atoms with E-state index >= 15 is 0 Å². The molecule has 1 aromatic heterocycles. The molecular formula is C16H27N3OS. The minimum atomic E-state index is 0.320. The molecule has 118 valence electrons. The van der Waals surface area contributed by atoms with Crippen molar-refractivity contribution in [1.29, 1.82) is 0 Å². The van der Waals surface area contributed by atoms with E-state index in [9.17, 15) is 0 Å². The molecule has 2 aliphatic rings. The summed E-state index contributed by atoms with van der Waals surface area (Å²) < 4.78 is 5.76. The van der Waals surface area contributed by atoms with Crippen LogP contribution < -0.4 is 5.32 Å². The minimum absolute atomic E-state index is 0.320. The molecule has 1 saturated carbocycles. The number of aromatic nitrogens is 1. The average molecular weight is 309 g/mol. The molecule has 21 heavy (non-hydrogen) atoms. The quantitative estimate of drug-likeness (QED) is 0.907. The maximum absolute atomic E-state index is 5.76. The van der Waals surface area contributed by atoms with Crippen molar-refractivity contribution in [3.8, 4) is 0 Å². The van der Waals surface area contributed by atoms with E-state index in [1.54, 1.807) is 0 Å². The molecule has 2 heterocycles. The molecule has 1 saturated heterocycles. The lowest BCUT2D eigenvalue weighted by Gasteiger charge is -2.30. The largest absolute Gasteiger partial charge is 0.374 e.